The molecule has 0 bridgehead atoms. The molecule has 2 aliphatic heterocycles. The summed E-state index contributed by atoms with van der Waals surface area (Å²) in [6.07, 6.45) is -0.502. The molecule has 2 saturated heterocycles. The predicted molar refractivity (Wildman–Crippen MR) is 118 cm³/mol. The molecule has 3 rings (SSSR count). The van der Waals surface area contributed by atoms with Crippen LogP contribution in [-0.2, 0) is 19.1 Å². The van der Waals surface area contributed by atoms with Gasteiger partial charge < -0.3 is 25.2 Å². The Morgan fingerprint density at radius 3 is 2.62 bits per heavy atom. The molecule has 0 spiro atoms. The number of halogens is 1. The number of nitrogens with one attached hydrogen (secondary N) is 2. The van der Waals surface area contributed by atoms with Gasteiger partial charge in [-0.1, -0.05) is 17.7 Å². The van der Waals surface area contributed by atoms with Crippen LogP contribution in [0.15, 0.2) is 24.3 Å². The molecule has 1 aromatic carbocycles. The quantitative estimate of drug-likeness (QED) is 0.642. The van der Waals surface area contributed by atoms with Gasteiger partial charge in [-0.2, -0.15) is 0 Å². The van der Waals surface area contributed by atoms with E-state index in [1.54, 1.807) is 36.1 Å². The van der Waals surface area contributed by atoms with Crippen LogP contribution in [-0.4, -0.2) is 97.0 Å². The molecule has 0 aliphatic carbocycles. The van der Waals surface area contributed by atoms with Crippen LogP contribution < -0.4 is 10.6 Å². The van der Waals surface area contributed by atoms with E-state index < -0.39 is 6.04 Å². The summed E-state index contributed by atoms with van der Waals surface area (Å²) in [5, 5.41) is 5.92. The van der Waals surface area contributed by atoms with Crippen LogP contribution in [0.25, 0.3) is 0 Å². The Labute approximate surface area is 191 Å². The number of piperazine rings is 2. The lowest BCUT2D eigenvalue weighted by Crippen LogP contribution is -2.60. The molecule has 1 unspecified atom stereocenters. The van der Waals surface area contributed by atoms with E-state index in [1.807, 2.05) is 4.90 Å². The third kappa shape index (κ3) is 6.33. The van der Waals surface area contributed by atoms with Gasteiger partial charge in [-0.15, -0.1) is 0 Å². The maximum atomic E-state index is 13.0. The summed E-state index contributed by atoms with van der Waals surface area (Å²) in [5.41, 5.74) is 0.524. The number of amides is 4. The van der Waals surface area contributed by atoms with E-state index in [1.165, 1.54) is 4.90 Å². The van der Waals surface area contributed by atoms with Crippen LogP contribution >= 0.6 is 11.6 Å². The third-order valence-corrected chi connectivity index (χ3v) is 5.63. The van der Waals surface area contributed by atoms with Crippen molar-refractivity contribution in [3.8, 4) is 0 Å². The highest BCUT2D eigenvalue weighted by molar-refractivity contribution is 6.30. The van der Waals surface area contributed by atoms with Crippen molar-refractivity contribution in [2.45, 2.75) is 19.4 Å². The van der Waals surface area contributed by atoms with Gasteiger partial charge in [-0.3, -0.25) is 19.3 Å². The minimum absolute atomic E-state index is 0.121. The van der Waals surface area contributed by atoms with Gasteiger partial charge in [-0.05, 0) is 25.1 Å². The summed E-state index contributed by atoms with van der Waals surface area (Å²) in [5.74, 6) is -0.946. The third-order valence-electron chi connectivity index (χ3n) is 5.40. The minimum Gasteiger partial charge on any atom is -0.450 e. The largest absolute Gasteiger partial charge is 0.450 e. The van der Waals surface area contributed by atoms with Gasteiger partial charge in [0.1, 0.15) is 6.04 Å². The molecule has 2 aliphatic rings. The lowest BCUT2D eigenvalue weighted by molar-refractivity contribution is -0.145. The first kappa shape index (κ1) is 23.8. The number of nitrogens with zero attached hydrogens (tertiary/aromatic N) is 3. The van der Waals surface area contributed by atoms with Crippen molar-refractivity contribution in [2.24, 2.45) is 0 Å². The fraction of sp³-hybridized carbons (Fsp3) is 0.524. The Morgan fingerprint density at radius 2 is 1.94 bits per heavy atom. The van der Waals surface area contributed by atoms with Gasteiger partial charge in [-0.25, -0.2) is 4.79 Å². The first-order valence-corrected chi connectivity index (χ1v) is 11.0. The smallest absolute Gasteiger partial charge is 0.409 e. The van der Waals surface area contributed by atoms with E-state index in [2.05, 4.69) is 10.6 Å². The van der Waals surface area contributed by atoms with E-state index in [0.717, 1.165) is 0 Å². The van der Waals surface area contributed by atoms with Crippen molar-refractivity contribution in [3.05, 3.63) is 29.3 Å². The zero-order valence-corrected chi connectivity index (χ0v) is 18.8. The normalized spacial score (nSPS) is 19.3. The number of ether oxygens (including phenoxy) is 1. The summed E-state index contributed by atoms with van der Waals surface area (Å²) in [6.45, 7) is 4.88. The standard InChI is InChI=1S/C21H28ClN5O5/c1-2-32-21(31)26-10-8-25(9-11-26)14-19(29)27-7-6-23-20(30)17(27)13-18(28)24-16-5-3-4-15(22)12-16/h3-5,12,17H,2,6-11,13-14H2,1H3,(H,23,30)(H,24,28). The van der Waals surface area contributed by atoms with Gasteiger partial charge >= 0.3 is 6.09 Å². The molecule has 174 valence electrons. The molecule has 2 fully saturated rings. The van der Waals surface area contributed by atoms with Crippen molar-refractivity contribution in [3.63, 3.8) is 0 Å². The van der Waals surface area contributed by atoms with Crippen molar-refractivity contribution >= 4 is 41.1 Å². The second kappa shape index (κ2) is 11.1. The fourth-order valence-electron chi connectivity index (χ4n) is 3.76. The van der Waals surface area contributed by atoms with E-state index in [0.29, 0.717) is 56.6 Å². The van der Waals surface area contributed by atoms with Gasteiger partial charge in [0, 0.05) is 50.0 Å². The molecule has 0 aromatic heterocycles. The lowest BCUT2D eigenvalue weighted by Gasteiger charge is -2.38. The maximum Gasteiger partial charge on any atom is 0.409 e. The summed E-state index contributed by atoms with van der Waals surface area (Å²) in [7, 11) is 0. The zero-order chi connectivity index (χ0) is 23.1. The highest BCUT2D eigenvalue weighted by Gasteiger charge is 2.35. The number of hydrogen-bond donors (Lipinski definition) is 2. The summed E-state index contributed by atoms with van der Waals surface area (Å²) in [6, 6.07) is 5.83. The van der Waals surface area contributed by atoms with Gasteiger partial charge in [0.05, 0.1) is 19.6 Å². The first-order chi connectivity index (χ1) is 15.4. The number of anilines is 1. The topological polar surface area (TPSA) is 111 Å². The Hall–Kier alpha value is -2.85. The van der Waals surface area contributed by atoms with Gasteiger partial charge in [0.15, 0.2) is 0 Å². The van der Waals surface area contributed by atoms with Crippen molar-refractivity contribution in [1.82, 2.24) is 20.0 Å². The number of rotatable bonds is 6. The van der Waals surface area contributed by atoms with Crippen molar-refractivity contribution in [1.29, 1.82) is 0 Å². The average molecular weight is 466 g/mol. The highest BCUT2D eigenvalue weighted by Crippen LogP contribution is 2.17. The Balaban J connectivity index is 1.55. The van der Waals surface area contributed by atoms with Crippen LogP contribution in [0.4, 0.5) is 10.5 Å². The molecule has 4 amide bonds. The predicted octanol–water partition coefficient (Wildman–Crippen LogP) is 0.770. The molecular formula is C21H28ClN5O5. The second-order valence-corrected chi connectivity index (χ2v) is 8.06. The van der Waals surface area contributed by atoms with Crippen LogP contribution in [0.2, 0.25) is 5.02 Å². The SMILES string of the molecule is CCOC(=O)N1CCN(CC(=O)N2CCNC(=O)C2CC(=O)Nc2cccc(Cl)c2)CC1. The van der Waals surface area contributed by atoms with Crippen LogP contribution in [0.1, 0.15) is 13.3 Å². The van der Waals surface area contributed by atoms with E-state index in [-0.39, 0.29) is 36.8 Å². The molecule has 10 nitrogen and oxygen atoms in total. The summed E-state index contributed by atoms with van der Waals surface area (Å²) < 4.78 is 5.01. The van der Waals surface area contributed by atoms with Crippen molar-refractivity contribution in [2.75, 3.05) is 57.7 Å². The zero-order valence-electron chi connectivity index (χ0n) is 18.0. The molecular weight excluding hydrogens is 438 g/mol. The van der Waals surface area contributed by atoms with Crippen LogP contribution in [0.5, 0.6) is 0 Å². The number of hydrogen-bond acceptors (Lipinski definition) is 6. The number of carbonyl (C=O) groups excluding carboxylic acids is 4. The molecule has 0 saturated carbocycles. The highest BCUT2D eigenvalue weighted by atomic mass is 35.5. The molecule has 0 radical (unpaired) electrons. The van der Waals surface area contributed by atoms with E-state index in [4.69, 9.17) is 16.3 Å². The monoisotopic (exact) mass is 465 g/mol. The van der Waals surface area contributed by atoms with Crippen molar-refractivity contribution < 1.29 is 23.9 Å². The minimum atomic E-state index is -0.878. The molecule has 2 N–H and O–H groups in total. The molecule has 32 heavy (non-hydrogen) atoms. The van der Waals surface area contributed by atoms with Gasteiger partial charge in [0.2, 0.25) is 17.7 Å². The maximum absolute atomic E-state index is 13.0. The number of benzene rings is 1. The summed E-state index contributed by atoms with van der Waals surface area (Å²) in [4.78, 5) is 54.8. The number of carbonyl (C=O) groups is 4. The fourth-order valence-corrected chi connectivity index (χ4v) is 3.95. The summed E-state index contributed by atoms with van der Waals surface area (Å²) >= 11 is 5.94. The average Bonchev–Trinajstić information content (AvgIpc) is 2.75. The van der Waals surface area contributed by atoms with E-state index >= 15 is 0 Å². The molecule has 11 heteroatoms. The second-order valence-electron chi connectivity index (χ2n) is 7.62. The lowest BCUT2D eigenvalue weighted by atomic mass is 10.1. The Morgan fingerprint density at radius 1 is 1.19 bits per heavy atom. The first-order valence-electron chi connectivity index (χ1n) is 10.6. The van der Waals surface area contributed by atoms with E-state index in [9.17, 15) is 19.2 Å². The van der Waals surface area contributed by atoms with Crippen LogP contribution in [0, 0.1) is 0 Å². The molecule has 2 heterocycles. The Bertz CT molecular complexity index is 859. The molecule has 1 aromatic rings. The van der Waals surface area contributed by atoms with Crippen LogP contribution in [0.3, 0.4) is 0 Å². The Kier molecular flexibility index (Phi) is 8.29. The molecule has 1 atom stereocenters. The van der Waals surface area contributed by atoms with Gasteiger partial charge in [0.25, 0.3) is 0 Å².